The maximum absolute atomic E-state index is 12.5. The van der Waals surface area contributed by atoms with Crippen molar-refractivity contribution < 1.29 is 38.2 Å². The van der Waals surface area contributed by atoms with Crippen LogP contribution >= 0.6 is 11.3 Å². The molecule has 0 unspecified atom stereocenters. The number of rotatable bonds is 8. The number of nitrogens with zero attached hydrogens (tertiary/aromatic N) is 1. The van der Waals surface area contributed by atoms with Crippen molar-refractivity contribution in [2.75, 3.05) is 25.2 Å². The van der Waals surface area contributed by atoms with Crippen molar-refractivity contribution in [1.29, 1.82) is 0 Å². The molecule has 2 aromatic carbocycles. The SMILES string of the molecule is COC(=O)c1ccc(N2C[C@@H](C(=O)OCC(=O)c3ccc(OC(=O)c4cccs4)cc3)CC2=O)cc1. The highest BCUT2D eigenvalue weighted by Crippen LogP contribution is 2.26. The molecule has 1 fully saturated rings. The zero-order chi connectivity index (χ0) is 25.7. The molecule has 0 aliphatic carbocycles. The molecule has 0 N–H and O–H groups in total. The van der Waals surface area contributed by atoms with Crippen molar-refractivity contribution in [3.05, 3.63) is 82.0 Å². The number of ether oxygens (including phenoxy) is 3. The van der Waals surface area contributed by atoms with Crippen LogP contribution in [0.15, 0.2) is 66.0 Å². The van der Waals surface area contributed by atoms with E-state index in [1.807, 2.05) is 0 Å². The van der Waals surface area contributed by atoms with Gasteiger partial charge in [0.15, 0.2) is 12.4 Å². The predicted molar refractivity (Wildman–Crippen MR) is 129 cm³/mol. The molecule has 2 heterocycles. The van der Waals surface area contributed by atoms with E-state index in [1.165, 1.54) is 59.7 Å². The molecule has 10 heteroatoms. The first kappa shape index (κ1) is 24.8. The highest BCUT2D eigenvalue weighted by atomic mass is 32.1. The normalized spacial score (nSPS) is 14.9. The lowest BCUT2D eigenvalue weighted by molar-refractivity contribution is -0.147. The van der Waals surface area contributed by atoms with Gasteiger partial charge in [-0.1, -0.05) is 6.07 Å². The van der Waals surface area contributed by atoms with Gasteiger partial charge in [-0.05, 0) is 60.0 Å². The van der Waals surface area contributed by atoms with E-state index in [0.29, 0.717) is 16.1 Å². The van der Waals surface area contributed by atoms with Crippen LogP contribution in [-0.4, -0.2) is 49.9 Å². The van der Waals surface area contributed by atoms with E-state index in [4.69, 9.17) is 9.47 Å². The number of esters is 3. The zero-order valence-electron chi connectivity index (χ0n) is 19.2. The summed E-state index contributed by atoms with van der Waals surface area (Å²) in [5, 5.41) is 1.77. The van der Waals surface area contributed by atoms with Gasteiger partial charge in [0, 0.05) is 24.2 Å². The summed E-state index contributed by atoms with van der Waals surface area (Å²) in [6.45, 7) is -0.376. The van der Waals surface area contributed by atoms with E-state index in [2.05, 4.69) is 4.74 Å². The van der Waals surface area contributed by atoms with Crippen LogP contribution in [-0.2, 0) is 19.1 Å². The molecular formula is C26H21NO8S. The molecule has 1 saturated heterocycles. The van der Waals surface area contributed by atoms with Gasteiger partial charge in [0.05, 0.1) is 18.6 Å². The summed E-state index contributed by atoms with van der Waals surface area (Å²) in [5.41, 5.74) is 1.17. The van der Waals surface area contributed by atoms with Crippen LogP contribution in [0, 0.1) is 5.92 Å². The Kier molecular flexibility index (Phi) is 7.55. The molecule has 3 aromatic rings. The number of thiophene rings is 1. The summed E-state index contributed by atoms with van der Waals surface area (Å²) in [4.78, 5) is 62.9. The lowest BCUT2D eigenvalue weighted by Crippen LogP contribution is -2.27. The van der Waals surface area contributed by atoms with Gasteiger partial charge in [0.1, 0.15) is 10.6 Å². The van der Waals surface area contributed by atoms with Crippen molar-refractivity contribution in [3.8, 4) is 5.75 Å². The molecule has 0 spiro atoms. The number of carbonyl (C=O) groups is 5. The van der Waals surface area contributed by atoms with E-state index in [1.54, 1.807) is 29.6 Å². The van der Waals surface area contributed by atoms with E-state index in [9.17, 15) is 24.0 Å². The van der Waals surface area contributed by atoms with Crippen molar-refractivity contribution in [3.63, 3.8) is 0 Å². The molecule has 1 aromatic heterocycles. The Morgan fingerprint density at radius 2 is 1.64 bits per heavy atom. The van der Waals surface area contributed by atoms with Gasteiger partial charge in [-0.25, -0.2) is 9.59 Å². The third kappa shape index (κ3) is 5.66. The molecule has 9 nitrogen and oxygen atoms in total. The van der Waals surface area contributed by atoms with Gasteiger partial charge in [-0.15, -0.1) is 11.3 Å². The van der Waals surface area contributed by atoms with Crippen LogP contribution in [0.4, 0.5) is 5.69 Å². The van der Waals surface area contributed by atoms with E-state index in [-0.39, 0.29) is 30.2 Å². The standard InChI is InChI=1S/C26H21NO8S/c1-33-24(30)17-4-8-19(9-5-17)27-14-18(13-23(27)29)25(31)34-15-21(28)16-6-10-20(11-7-16)35-26(32)22-3-2-12-36-22/h2-12,18H,13-15H2,1H3/t18-/m0/s1. The third-order valence-corrected chi connectivity index (χ3v) is 6.36. The fraction of sp³-hybridized carbons (Fsp3) is 0.192. The lowest BCUT2D eigenvalue weighted by atomic mass is 10.1. The number of methoxy groups -OCH3 is 1. The Bertz CT molecular complexity index is 1280. The Hall–Kier alpha value is -4.31. The third-order valence-electron chi connectivity index (χ3n) is 5.51. The fourth-order valence-corrected chi connectivity index (χ4v) is 4.21. The summed E-state index contributed by atoms with van der Waals surface area (Å²) in [5.74, 6) is -2.75. The van der Waals surface area contributed by atoms with E-state index >= 15 is 0 Å². The number of hydrogen-bond donors (Lipinski definition) is 0. The molecule has 1 aliphatic rings. The Labute approximate surface area is 210 Å². The zero-order valence-corrected chi connectivity index (χ0v) is 20.0. The smallest absolute Gasteiger partial charge is 0.353 e. The number of anilines is 1. The molecule has 0 saturated carbocycles. The molecular weight excluding hydrogens is 486 g/mol. The van der Waals surface area contributed by atoms with Gasteiger partial charge >= 0.3 is 17.9 Å². The first-order chi connectivity index (χ1) is 17.4. The molecule has 184 valence electrons. The van der Waals surface area contributed by atoms with Crippen molar-refractivity contribution in [1.82, 2.24) is 0 Å². The second-order valence-electron chi connectivity index (χ2n) is 7.87. The highest BCUT2D eigenvalue weighted by molar-refractivity contribution is 7.12. The van der Waals surface area contributed by atoms with Crippen LogP contribution in [0.1, 0.15) is 36.8 Å². The minimum atomic E-state index is -0.718. The molecule has 36 heavy (non-hydrogen) atoms. The number of ketones is 1. The summed E-state index contributed by atoms with van der Waals surface area (Å²) in [6, 6.07) is 15.6. The topological polar surface area (TPSA) is 116 Å². The van der Waals surface area contributed by atoms with Crippen molar-refractivity contribution >= 4 is 46.6 Å². The second-order valence-corrected chi connectivity index (χ2v) is 8.81. The molecule has 0 bridgehead atoms. The number of amides is 1. The van der Waals surface area contributed by atoms with Gasteiger partial charge in [-0.3, -0.25) is 14.4 Å². The van der Waals surface area contributed by atoms with Crippen molar-refractivity contribution in [2.45, 2.75) is 6.42 Å². The lowest BCUT2D eigenvalue weighted by Gasteiger charge is -2.16. The maximum Gasteiger partial charge on any atom is 0.353 e. The minimum absolute atomic E-state index is 0.0456. The Balaban J connectivity index is 1.28. The number of Topliss-reactive ketones (excluding diaryl/α,β-unsaturated/α-hetero) is 1. The van der Waals surface area contributed by atoms with Crippen LogP contribution < -0.4 is 9.64 Å². The van der Waals surface area contributed by atoms with Crippen LogP contribution in [0.5, 0.6) is 5.75 Å². The summed E-state index contributed by atoms with van der Waals surface area (Å²) >= 11 is 1.26. The largest absolute Gasteiger partial charge is 0.465 e. The Morgan fingerprint density at radius 1 is 0.944 bits per heavy atom. The van der Waals surface area contributed by atoms with E-state index < -0.39 is 36.2 Å². The summed E-state index contributed by atoms with van der Waals surface area (Å²) in [6.07, 6.45) is -0.0456. The number of carbonyl (C=O) groups excluding carboxylic acids is 5. The van der Waals surface area contributed by atoms with Crippen LogP contribution in [0.25, 0.3) is 0 Å². The van der Waals surface area contributed by atoms with E-state index in [0.717, 1.165) is 0 Å². The second kappa shape index (κ2) is 11.0. The minimum Gasteiger partial charge on any atom is -0.465 e. The first-order valence-electron chi connectivity index (χ1n) is 10.9. The van der Waals surface area contributed by atoms with Gasteiger partial charge in [-0.2, -0.15) is 0 Å². The first-order valence-corrected chi connectivity index (χ1v) is 11.8. The summed E-state index contributed by atoms with van der Waals surface area (Å²) in [7, 11) is 1.28. The molecule has 1 atom stereocenters. The quantitative estimate of drug-likeness (QED) is 0.258. The van der Waals surface area contributed by atoms with Gasteiger partial charge < -0.3 is 19.1 Å². The van der Waals surface area contributed by atoms with Crippen LogP contribution in [0.2, 0.25) is 0 Å². The molecule has 1 amide bonds. The number of benzene rings is 2. The average Bonchev–Trinajstić information content (AvgIpc) is 3.57. The monoisotopic (exact) mass is 507 g/mol. The molecule has 0 radical (unpaired) electrons. The average molecular weight is 508 g/mol. The predicted octanol–water partition coefficient (Wildman–Crippen LogP) is 3.53. The molecule has 4 rings (SSSR count). The maximum atomic E-state index is 12.5. The number of hydrogen-bond acceptors (Lipinski definition) is 9. The van der Waals surface area contributed by atoms with Gasteiger partial charge in [0.2, 0.25) is 5.91 Å². The fourth-order valence-electron chi connectivity index (χ4n) is 3.61. The van der Waals surface area contributed by atoms with Gasteiger partial charge in [0.25, 0.3) is 0 Å². The van der Waals surface area contributed by atoms with Crippen molar-refractivity contribution in [2.24, 2.45) is 5.92 Å². The summed E-state index contributed by atoms with van der Waals surface area (Å²) < 4.78 is 15.1. The van der Waals surface area contributed by atoms with Crippen LogP contribution in [0.3, 0.4) is 0 Å². The Morgan fingerprint density at radius 3 is 2.28 bits per heavy atom. The molecule has 1 aliphatic heterocycles. The highest BCUT2D eigenvalue weighted by Gasteiger charge is 2.36.